The maximum absolute atomic E-state index is 12.8. The number of carbonyl (C=O) groups excluding carboxylic acids is 1. The Morgan fingerprint density at radius 1 is 1.06 bits per heavy atom. The highest BCUT2D eigenvalue weighted by atomic mass is 35.5. The van der Waals surface area contributed by atoms with Gasteiger partial charge in [-0.2, -0.15) is 0 Å². The van der Waals surface area contributed by atoms with Crippen LogP contribution in [0.1, 0.15) is 35.3 Å². The molecule has 0 aliphatic carbocycles. The summed E-state index contributed by atoms with van der Waals surface area (Å²) in [7, 11) is -7.44. The topological polar surface area (TPSA) is 135 Å². The molecule has 2 N–H and O–H groups in total. The van der Waals surface area contributed by atoms with Gasteiger partial charge in [-0.15, -0.1) is 10.2 Å². The van der Waals surface area contributed by atoms with E-state index in [1.165, 1.54) is 30.3 Å². The Morgan fingerprint density at radius 3 is 2.30 bits per heavy atom. The molecule has 14 heteroatoms. The van der Waals surface area contributed by atoms with Crippen LogP contribution >= 0.6 is 34.5 Å². The van der Waals surface area contributed by atoms with E-state index in [1.54, 1.807) is 19.1 Å². The number of sulfone groups is 1. The minimum atomic E-state index is -4.07. The highest BCUT2D eigenvalue weighted by Gasteiger charge is 2.25. The SMILES string of the molecule is CCC(NS(=O)(=O)c1nnc(NC(=O)c2ccc(Cl)cc2Cl)s1)c1ccc(S(C)(=O)=O)cc1. The van der Waals surface area contributed by atoms with E-state index in [9.17, 15) is 21.6 Å². The zero-order valence-corrected chi connectivity index (χ0v) is 21.2. The van der Waals surface area contributed by atoms with Gasteiger partial charge in [-0.05, 0) is 42.3 Å². The van der Waals surface area contributed by atoms with Crippen molar-refractivity contribution in [2.24, 2.45) is 0 Å². The molecule has 0 spiro atoms. The molecule has 3 rings (SSSR count). The molecule has 176 valence electrons. The van der Waals surface area contributed by atoms with Crippen LogP contribution in [0.15, 0.2) is 51.7 Å². The van der Waals surface area contributed by atoms with Gasteiger partial charge in [0, 0.05) is 17.3 Å². The lowest BCUT2D eigenvalue weighted by atomic mass is 10.1. The van der Waals surface area contributed by atoms with E-state index >= 15 is 0 Å². The number of anilines is 1. The molecule has 1 atom stereocenters. The van der Waals surface area contributed by atoms with Crippen LogP contribution in [0.2, 0.25) is 10.0 Å². The number of carbonyl (C=O) groups is 1. The van der Waals surface area contributed by atoms with Crippen molar-refractivity contribution in [3.8, 4) is 0 Å². The first kappa shape index (κ1) is 25.5. The van der Waals surface area contributed by atoms with Crippen molar-refractivity contribution in [1.82, 2.24) is 14.9 Å². The molecular formula is C19H18Cl2N4O5S3. The molecule has 0 aliphatic rings. The standard InChI is InChI=1S/C19H18Cl2N4O5S3/c1-3-16(11-4-7-13(8-5-11)32(2,27)28)25-33(29,30)19-24-23-18(31-19)22-17(26)14-9-6-12(20)10-15(14)21/h4-10,16,25H,3H2,1-2H3,(H,22,23,26). The summed E-state index contributed by atoms with van der Waals surface area (Å²) >= 11 is 12.5. The summed E-state index contributed by atoms with van der Waals surface area (Å²) in [5, 5.41) is 10.3. The van der Waals surface area contributed by atoms with Crippen molar-refractivity contribution in [2.45, 2.75) is 28.6 Å². The van der Waals surface area contributed by atoms with Crippen LogP contribution in [0.25, 0.3) is 0 Å². The smallest absolute Gasteiger partial charge is 0.270 e. The molecule has 33 heavy (non-hydrogen) atoms. The van der Waals surface area contributed by atoms with Crippen molar-refractivity contribution in [2.75, 3.05) is 11.6 Å². The number of benzene rings is 2. The molecule has 0 saturated carbocycles. The number of amides is 1. The zero-order valence-electron chi connectivity index (χ0n) is 17.2. The predicted octanol–water partition coefficient (Wildman–Crippen LogP) is 3.93. The van der Waals surface area contributed by atoms with Gasteiger partial charge in [0.05, 0.1) is 15.5 Å². The zero-order chi connectivity index (χ0) is 24.4. The number of rotatable bonds is 8. The molecule has 0 bridgehead atoms. The highest BCUT2D eigenvalue weighted by Crippen LogP contribution is 2.26. The van der Waals surface area contributed by atoms with E-state index in [0.717, 1.165) is 6.26 Å². The van der Waals surface area contributed by atoms with Crippen LogP contribution in [0.4, 0.5) is 5.13 Å². The van der Waals surface area contributed by atoms with Gasteiger partial charge in [-0.25, -0.2) is 21.6 Å². The molecule has 3 aromatic rings. The van der Waals surface area contributed by atoms with Gasteiger partial charge in [-0.1, -0.05) is 53.6 Å². The summed E-state index contributed by atoms with van der Waals surface area (Å²) in [5.41, 5.74) is 0.728. The van der Waals surface area contributed by atoms with Crippen LogP contribution in [0.3, 0.4) is 0 Å². The number of nitrogens with zero attached hydrogens (tertiary/aromatic N) is 2. The van der Waals surface area contributed by atoms with Crippen molar-refractivity contribution >= 4 is 65.4 Å². The molecule has 1 amide bonds. The summed E-state index contributed by atoms with van der Waals surface area (Å²) < 4.78 is 51.1. The average Bonchev–Trinajstić information content (AvgIpc) is 3.21. The number of nitrogens with one attached hydrogen (secondary N) is 2. The van der Waals surface area contributed by atoms with E-state index in [1.807, 2.05) is 0 Å². The molecular weight excluding hydrogens is 531 g/mol. The third-order valence-corrected chi connectivity index (χ3v) is 8.80. The van der Waals surface area contributed by atoms with E-state index in [4.69, 9.17) is 23.2 Å². The molecule has 0 radical (unpaired) electrons. The molecule has 2 aromatic carbocycles. The molecule has 0 fully saturated rings. The Morgan fingerprint density at radius 2 is 1.73 bits per heavy atom. The quantitative estimate of drug-likeness (QED) is 0.407. The van der Waals surface area contributed by atoms with Crippen molar-refractivity contribution in [1.29, 1.82) is 0 Å². The molecule has 1 aromatic heterocycles. The van der Waals surface area contributed by atoms with Gasteiger partial charge in [-0.3, -0.25) is 10.1 Å². The van der Waals surface area contributed by atoms with Gasteiger partial charge in [0.1, 0.15) is 0 Å². The first-order valence-electron chi connectivity index (χ1n) is 9.33. The Hall–Kier alpha value is -2.09. The summed E-state index contributed by atoms with van der Waals surface area (Å²) in [5.74, 6) is -0.595. The van der Waals surface area contributed by atoms with Crippen LogP contribution in [-0.4, -0.2) is 39.2 Å². The van der Waals surface area contributed by atoms with Crippen LogP contribution in [0, 0.1) is 0 Å². The van der Waals surface area contributed by atoms with Crippen molar-refractivity contribution in [3.05, 3.63) is 63.6 Å². The second-order valence-electron chi connectivity index (χ2n) is 6.87. The van der Waals surface area contributed by atoms with E-state index in [2.05, 4.69) is 20.2 Å². The number of hydrogen-bond acceptors (Lipinski definition) is 8. The average molecular weight is 549 g/mol. The highest BCUT2D eigenvalue weighted by molar-refractivity contribution is 7.91. The number of hydrogen-bond donors (Lipinski definition) is 2. The largest absolute Gasteiger partial charge is 0.296 e. The number of sulfonamides is 1. The maximum atomic E-state index is 12.8. The van der Waals surface area contributed by atoms with Crippen LogP contribution in [-0.2, 0) is 19.9 Å². The lowest BCUT2D eigenvalue weighted by Crippen LogP contribution is -2.28. The minimum absolute atomic E-state index is 0.0306. The minimum Gasteiger partial charge on any atom is -0.296 e. The summed E-state index contributed by atoms with van der Waals surface area (Å²) in [6, 6.07) is 9.65. The van der Waals surface area contributed by atoms with E-state index in [0.29, 0.717) is 28.3 Å². The molecule has 1 heterocycles. The Bertz CT molecular complexity index is 1390. The van der Waals surface area contributed by atoms with Gasteiger partial charge in [0.2, 0.25) is 9.47 Å². The molecule has 0 saturated heterocycles. The molecule has 1 unspecified atom stereocenters. The fourth-order valence-electron chi connectivity index (χ4n) is 2.78. The predicted molar refractivity (Wildman–Crippen MR) is 127 cm³/mol. The number of halogens is 2. The molecule has 9 nitrogen and oxygen atoms in total. The van der Waals surface area contributed by atoms with Crippen LogP contribution < -0.4 is 10.0 Å². The van der Waals surface area contributed by atoms with Crippen molar-refractivity contribution in [3.63, 3.8) is 0 Å². The summed E-state index contributed by atoms with van der Waals surface area (Å²) in [6.07, 6.45) is 1.49. The third kappa shape index (κ3) is 6.28. The lowest BCUT2D eigenvalue weighted by molar-refractivity contribution is 0.102. The summed E-state index contributed by atoms with van der Waals surface area (Å²) in [4.78, 5) is 12.5. The fraction of sp³-hybridized carbons (Fsp3) is 0.211. The molecule has 0 aliphatic heterocycles. The second kappa shape index (κ2) is 10.0. The third-order valence-electron chi connectivity index (χ3n) is 4.45. The fourth-order valence-corrected chi connectivity index (χ4v) is 6.12. The number of aromatic nitrogens is 2. The van der Waals surface area contributed by atoms with Crippen molar-refractivity contribution < 1.29 is 21.6 Å². The van der Waals surface area contributed by atoms with Gasteiger partial charge >= 0.3 is 0 Å². The van der Waals surface area contributed by atoms with E-state index in [-0.39, 0.29) is 25.0 Å². The van der Waals surface area contributed by atoms with Gasteiger partial charge < -0.3 is 0 Å². The van der Waals surface area contributed by atoms with Crippen LogP contribution in [0.5, 0.6) is 0 Å². The Balaban J connectivity index is 1.75. The maximum Gasteiger partial charge on any atom is 0.270 e. The first-order valence-corrected chi connectivity index (χ1v) is 14.3. The Kier molecular flexibility index (Phi) is 7.76. The van der Waals surface area contributed by atoms with Gasteiger partial charge in [0.25, 0.3) is 15.9 Å². The summed E-state index contributed by atoms with van der Waals surface area (Å²) in [6.45, 7) is 1.78. The Labute approximate surface area is 205 Å². The normalized spacial score (nSPS) is 13.0. The van der Waals surface area contributed by atoms with Gasteiger partial charge in [0.15, 0.2) is 9.84 Å². The monoisotopic (exact) mass is 548 g/mol. The van der Waals surface area contributed by atoms with E-state index < -0.39 is 31.8 Å². The second-order valence-corrected chi connectivity index (χ2v) is 12.6. The first-order chi connectivity index (χ1) is 15.4. The lowest BCUT2D eigenvalue weighted by Gasteiger charge is -2.16.